The Morgan fingerprint density at radius 3 is 2.62 bits per heavy atom. The van der Waals surface area contributed by atoms with Gasteiger partial charge in [-0.2, -0.15) is 0 Å². The van der Waals surface area contributed by atoms with Gasteiger partial charge in [0.15, 0.2) is 0 Å². The minimum atomic E-state index is -1.46. The van der Waals surface area contributed by atoms with Crippen molar-refractivity contribution in [2.24, 2.45) is 44.8 Å². The van der Waals surface area contributed by atoms with Crippen molar-refractivity contribution in [2.75, 3.05) is 6.61 Å². The average Bonchev–Trinajstić information content (AvgIpc) is 2.89. The van der Waals surface area contributed by atoms with Gasteiger partial charge in [0.05, 0.1) is 12.7 Å². The zero-order chi connectivity index (χ0) is 21.2. The molecule has 4 rings (SSSR count). The zero-order valence-electron chi connectivity index (χ0n) is 17.3. The van der Waals surface area contributed by atoms with E-state index in [1.54, 1.807) is 0 Å². The normalized spacial score (nSPS) is 50.7. The summed E-state index contributed by atoms with van der Waals surface area (Å²) >= 11 is 0. The first-order chi connectivity index (χ1) is 13.7. The van der Waals surface area contributed by atoms with Crippen LogP contribution in [0.2, 0.25) is 0 Å². The van der Waals surface area contributed by atoms with Gasteiger partial charge in [0.25, 0.3) is 0 Å². The van der Waals surface area contributed by atoms with E-state index in [1.807, 2.05) is 26.0 Å². The van der Waals surface area contributed by atoms with E-state index >= 15 is 0 Å². The fourth-order valence-electron chi connectivity index (χ4n) is 7.57. The van der Waals surface area contributed by atoms with Crippen molar-refractivity contribution in [3.8, 4) is 0 Å². The van der Waals surface area contributed by atoms with Gasteiger partial charge >= 0.3 is 0 Å². The third-order valence-corrected chi connectivity index (χ3v) is 8.92. The molecule has 5 N–H and O–H groups in total. The maximum Gasteiger partial charge on any atom is 0.117 e. The van der Waals surface area contributed by atoms with Gasteiger partial charge in [0.2, 0.25) is 0 Å². The molecule has 4 aliphatic rings. The van der Waals surface area contributed by atoms with Crippen LogP contribution in [0, 0.1) is 34.5 Å². The Kier molecular flexibility index (Phi) is 4.72. The summed E-state index contributed by atoms with van der Waals surface area (Å²) in [6.45, 7) is 5.54. The van der Waals surface area contributed by atoms with Gasteiger partial charge in [-0.3, -0.25) is 0 Å². The van der Waals surface area contributed by atoms with Crippen LogP contribution in [-0.2, 0) is 0 Å². The molecule has 0 aliphatic heterocycles. The molecule has 0 bridgehead atoms. The molecular weight excluding hydrogens is 372 g/mol. The van der Waals surface area contributed by atoms with Crippen LogP contribution in [0.1, 0.15) is 46.5 Å². The van der Waals surface area contributed by atoms with E-state index in [1.165, 1.54) is 5.57 Å². The molecule has 0 spiro atoms. The Hall–Kier alpha value is -1.70. The van der Waals surface area contributed by atoms with Crippen LogP contribution in [-0.4, -0.2) is 55.5 Å². The fraction of sp³-hybridized carbons (Fsp3) is 0.727. The lowest BCUT2D eigenvalue weighted by atomic mass is 9.46. The van der Waals surface area contributed by atoms with Gasteiger partial charge in [-0.25, -0.2) is 0 Å². The molecule has 3 fully saturated rings. The van der Waals surface area contributed by atoms with Crippen molar-refractivity contribution < 1.29 is 25.7 Å². The van der Waals surface area contributed by atoms with Gasteiger partial charge in [0.1, 0.15) is 17.0 Å². The molecule has 7 nitrogen and oxygen atoms in total. The molecular formula is C22H32N2O5. The van der Waals surface area contributed by atoms with Crippen molar-refractivity contribution in [2.45, 2.75) is 58.2 Å². The topological polar surface area (TPSA) is 126 Å². The van der Waals surface area contributed by atoms with Crippen LogP contribution in [0.15, 0.2) is 34.1 Å². The van der Waals surface area contributed by atoms with E-state index in [4.69, 9.17) is 5.21 Å². The first-order valence-corrected chi connectivity index (χ1v) is 10.5. The molecule has 0 radical (unpaired) electrons. The maximum absolute atomic E-state index is 11.7. The van der Waals surface area contributed by atoms with Gasteiger partial charge in [-0.15, -0.1) is 0 Å². The van der Waals surface area contributed by atoms with Gasteiger partial charge in [-0.05, 0) is 55.6 Å². The quantitative estimate of drug-likeness (QED) is 0.274. The lowest BCUT2D eigenvalue weighted by Crippen LogP contribution is -2.62. The second-order valence-corrected chi connectivity index (χ2v) is 9.94. The number of hydrogen-bond acceptors (Lipinski definition) is 7. The van der Waals surface area contributed by atoms with Gasteiger partial charge in [-0.1, -0.05) is 42.7 Å². The van der Waals surface area contributed by atoms with E-state index in [0.29, 0.717) is 12.1 Å². The maximum atomic E-state index is 11.7. The van der Waals surface area contributed by atoms with Crippen LogP contribution >= 0.6 is 0 Å². The summed E-state index contributed by atoms with van der Waals surface area (Å²) in [5.74, 6) is 0.133. The molecule has 3 saturated carbocycles. The molecule has 8 atom stereocenters. The number of allylic oxidation sites excluding steroid dienone is 4. The SMILES string of the molecule is C[C@H]1C[C@H]2[C@@H]3CCC4=CC(=NO)C=C[C@]4(C)[C@H]3[C@@H](O)C[C@]2(C)[C@@]1(O)/C(CO)=N/O. The molecule has 7 heteroatoms. The van der Waals surface area contributed by atoms with Crippen LogP contribution in [0.3, 0.4) is 0 Å². The number of aliphatic hydroxyl groups excluding tert-OH is 2. The van der Waals surface area contributed by atoms with Crippen LogP contribution in [0.25, 0.3) is 0 Å². The highest BCUT2D eigenvalue weighted by Gasteiger charge is 2.69. The second kappa shape index (κ2) is 6.65. The minimum absolute atomic E-state index is 0.00439. The number of nitrogens with zero attached hydrogens (tertiary/aromatic N) is 2. The average molecular weight is 405 g/mol. The minimum Gasteiger partial charge on any atom is -0.411 e. The number of hydrogen-bond donors (Lipinski definition) is 5. The number of aliphatic hydroxyl groups is 3. The van der Waals surface area contributed by atoms with E-state index in [-0.39, 0.29) is 34.8 Å². The third kappa shape index (κ3) is 2.47. The Bertz CT molecular complexity index is 820. The summed E-state index contributed by atoms with van der Waals surface area (Å²) in [5.41, 5.74) is -0.779. The predicted octanol–water partition coefficient (Wildman–Crippen LogP) is 2.33. The van der Waals surface area contributed by atoms with Crippen LogP contribution < -0.4 is 0 Å². The highest BCUT2D eigenvalue weighted by atomic mass is 16.4. The Balaban J connectivity index is 1.77. The zero-order valence-corrected chi connectivity index (χ0v) is 17.3. The molecule has 0 aromatic carbocycles. The molecule has 160 valence electrons. The molecule has 0 amide bonds. The summed E-state index contributed by atoms with van der Waals surface area (Å²) in [5, 5.41) is 58.0. The van der Waals surface area contributed by atoms with Crippen LogP contribution in [0.4, 0.5) is 0 Å². The summed E-state index contributed by atoms with van der Waals surface area (Å²) in [6, 6.07) is 0. The van der Waals surface area contributed by atoms with Crippen molar-refractivity contribution in [1.82, 2.24) is 0 Å². The summed E-state index contributed by atoms with van der Waals surface area (Å²) in [4.78, 5) is 0. The largest absolute Gasteiger partial charge is 0.411 e. The van der Waals surface area contributed by atoms with Crippen molar-refractivity contribution in [1.29, 1.82) is 0 Å². The second-order valence-electron chi connectivity index (χ2n) is 9.94. The Morgan fingerprint density at radius 1 is 1.28 bits per heavy atom. The van der Waals surface area contributed by atoms with E-state index in [9.17, 15) is 20.5 Å². The number of oxime groups is 2. The summed E-state index contributed by atoms with van der Waals surface area (Å²) < 4.78 is 0. The van der Waals surface area contributed by atoms with Crippen molar-refractivity contribution >= 4 is 11.4 Å². The molecule has 0 saturated heterocycles. The lowest BCUT2D eigenvalue weighted by molar-refractivity contribution is -0.147. The van der Waals surface area contributed by atoms with Crippen LogP contribution in [0.5, 0.6) is 0 Å². The fourth-order valence-corrected chi connectivity index (χ4v) is 7.57. The number of rotatable bonds is 2. The predicted molar refractivity (Wildman–Crippen MR) is 108 cm³/mol. The Labute approximate surface area is 171 Å². The van der Waals surface area contributed by atoms with Gasteiger partial charge < -0.3 is 25.7 Å². The molecule has 0 unspecified atom stereocenters. The molecule has 4 aliphatic carbocycles. The highest BCUT2D eigenvalue weighted by Crippen LogP contribution is 2.68. The first-order valence-electron chi connectivity index (χ1n) is 10.5. The lowest BCUT2D eigenvalue weighted by Gasteiger charge is -2.60. The van der Waals surface area contributed by atoms with E-state index in [2.05, 4.69) is 23.3 Å². The summed E-state index contributed by atoms with van der Waals surface area (Å²) in [6.07, 6.45) is 7.98. The number of fused-ring (bicyclic) bond motifs is 5. The monoisotopic (exact) mass is 404 g/mol. The molecule has 0 aromatic heterocycles. The summed E-state index contributed by atoms with van der Waals surface area (Å²) in [7, 11) is 0. The molecule has 0 aromatic rings. The standard InChI is InChI=1S/C22H32N2O5/c1-12-8-16-15-5-4-13-9-14(23-28)6-7-20(13,2)19(15)17(26)10-21(16,3)22(12,27)18(11-25)24-29/h6-7,9,12,15-17,19,25-29H,4-5,8,10-11H2,1-3H3/b23-14?,24-18+/t12-,15-,16-,17-,19+,20-,21-,22-/m0/s1. The smallest absolute Gasteiger partial charge is 0.117 e. The Morgan fingerprint density at radius 2 is 2.00 bits per heavy atom. The van der Waals surface area contributed by atoms with E-state index in [0.717, 1.165) is 19.3 Å². The van der Waals surface area contributed by atoms with Gasteiger partial charge in [0, 0.05) is 16.7 Å². The van der Waals surface area contributed by atoms with Crippen molar-refractivity contribution in [3.05, 3.63) is 23.8 Å². The van der Waals surface area contributed by atoms with E-state index < -0.39 is 23.7 Å². The highest BCUT2D eigenvalue weighted by molar-refractivity contribution is 6.05. The first kappa shape index (κ1) is 20.6. The molecule has 29 heavy (non-hydrogen) atoms. The van der Waals surface area contributed by atoms with Crippen molar-refractivity contribution in [3.63, 3.8) is 0 Å². The molecule has 0 heterocycles. The third-order valence-electron chi connectivity index (χ3n) is 8.92.